The molecule has 0 saturated heterocycles. The molecule has 2 nitrogen and oxygen atoms in total. The summed E-state index contributed by atoms with van der Waals surface area (Å²) >= 11 is 7.23. The molecule has 0 aromatic heterocycles. The second kappa shape index (κ2) is 9.97. The van der Waals surface area contributed by atoms with Crippen molar-refractivity contribution < 1.29 is 0 Å². The third-order valence-electron chi connectivity index (χ3n) is 7.08. The van der Waals surface area contributed by atoms with E-state index in [-0.39, 0.29) is 12.0 Å². The van der Waals surface area contributed by atoms with Crippen LogP contribution in [0, 0.1) is 0 Å². The Hall–Kier alpha value is -2.56. The van der Waals surface area contributed by atoms with Gasteiger partial charge in [-0.15, -0.1) is 0 Å². The van der Waals surface area contributed by atoms with E-state index in [2.05, 4.69) is 159 Å². The highest BCUT2D eigenvalue weighted by Crippen LogP contribution is 2.49. The maximum atomic E-state index is 3.64. The van der Waals surface area contributed by atoms with Crippen LogP contribution in [0.4, 0.5) is 11.4 Å². The average molecular weight is 576 g/mol. The number of halogens is 2. The summed E-state index contributed by atoms with van der Waals surface area (Å²) in [5.41, 5.74) is 6.63. The Bertz CT molecular complexity index is 1240. The Morgan fingerprint density at radius 1 is 0.735 bits per heavy atom. The minimum absolute atomic E-state index is 0.205. The quantitative estimate of drug-likeness (QED) is 0.236. The Morgan fingerprint density at radius 2 is 1.32 bits per heavy atom. The standard InChI is InChI=1S/C30H28Br2N2/c1-33(25-8-4-3-5-9-25)30-26-10-6-7-11-27(26)34(2)28(20-21-12-16-23(31)17-13-21)29(30)22-14-18-24(32)19-15-22/h3-19,28-30H,20H2,1-2H3. The molecule has 4 aromatic carbocycles. The largest absolute Gasteiger partial charge is 0.370 e. The molecule has 0 N–H and O–H groups in total. The molecule has 34 heavy (non-hydrogen) atoms. The van der Waals surface area contributed by atoms with Gasteiger partial charge in [0, 0.05) is 46.4 Å². The lowest BCUT2D eigenvalue weighted by atomic mass is 9.74. The van der Waals surface area contributed by atoms with Gasteiger partial charge in [-0.1, -0.05) is 92.5 Å². The number of benzene rings is 4. The van der Waals surface area contributed by atoms with Crippen LogP contribution in [0.5, 0.6) is 0 Å². The van der Waals surface area contributed by atoms with E-state index in [0.29, 0.717) is 6.04 Å². The van der Waals surface area contributed by atoms with Crippen LogP contribution in [-0.2, 0) is 6.42 Å². The Kier molecular flexibility index (Phi) is 6.80. The summed E-state index contributed by atoms with van der Waals surface area (Å²) in [6.07, 6.45) is 0.970. The number of rotatable bonds is 5. The highest BCUT2D eigenvalue weighted by Gasteiger charge is 2.42. The summed E-state index contributed by atoms with van der Waals surface area (Å²) in [7, 11) is 4.50. The van der Waals surface area contributed by atoms with E-state index in [1.807, 2.05) is 0 Å². The van der Waals surface area contributed by atoms with Crippen molar-refractivity contribution in [3.63, 3.8) is 0 Å². The third kappa shape index (κ3) is 4.54. The minimum Gasteiger partial charge on any atom is -0.370 e. The molecule has 3 unspecified atom stereocenters. The lowest BCUT2D eigenvalue weighted by Crippen LogP contribution is -2.49. The molecule has 0 radical (unpaired) electrons. The van der Waals surface area contributed by atoms with Gasteiger partial charge in [-0.05, 0) is 65.6 Å². The third-order valence-corrected chi connectivity index (χ3v) is 8.14. The zero-order chi connectivity index (χ0) is 23.7. The van der Waals surface area contributed by atoms with Crippen molar-refractivity contribution in [2.75, 3.05) is 23.9 Å². The smallest absolute Gasteiger partial charge is 0.0647 e. The van der Waals surface area contributed by atoms with Crippen molar-refractivity contribution in [2.45, 2.75) is 24.4 Å². The minimum atomic E-state index is 0.205. The van der Waals surface area contributed by atoms with Crippen molar-refractivity contribution in [3.8, 4) is 0 Å². The molecular formula is C30H28Br2N2. The van der Waals surface area contributed by atoms with Crippen LogP contribution >= 0.6 is 31.9 Å². The number of anilines is 2. The first-order valence-corrected chi connectivity index (χ1v) is 13.2. The first kappa shape index (κ1) is 23.2. The number of fused-ring (bicyclic) bond motifs is 1. The van der Waals surface area contributed by atoms with Crippen LogP contribution in [-0.4, -0.2) is 20.1 Å². The van der Waals surface area contributed by atoms with Crippen LogP contribution in [0.25, 0.3) is 0 Å². The van der Waals surface area contributed by atoms with Gasteiger partial charge >= 0.3 is 0 Å². The first-order chi connectivity index (χ1) is 16.5. The number of likely N-dealkylation sites (N-methyl/N-ethyl adjacent to an activating group) is 2. The Morgan fingerprint density at radius 3 is 2.00 bits per heavy atom. The van der Waals surface area contributed by atoms with Crippen molar-refractivity contribution in [1.82, 2.24) is 0 Å². The summed E-state index contributed by atoms with van der Waals surface area (Å²) in [4.78, 5) is 4.96. The number of nitrogens with zero attached hydrogens (tertiary/aromatic N) is 2. The molecule has 172 valence electrons. The lowest BCUT2D eigenvalue weighted by Gasteiger charge is -2.50. The highest BCUT2D eigenvalue weighted by atomic mass is 79.9. The summed E-state index contributed by atoms with van der Waals surface area (Å²) in [5, 5.41) is 0. The molecule has 0 saturated carbocycles. The van der Waals surface area contributed by atoms with Gasteiger partial charge in [0.05, 0.1) is 6.04 Å². The maximum absolute atomic E-state index is 3.64. The molecule has 0 spiro atoms. The van der Waals surface area contributed by atoms with Gasteiger partial charge in [-0.2, -0.15) is 0 Å². The van der Waals surface area contributed by atoms with Gasteiger partial charge in [0.15, 0.2) is 0 Å². The molecule has 5 rings (SSSR count). The fourth-order valence-electron chi connectivity index (χ4n) is 5.37. The summed E-state index contributed by atoms with van der Waals surface area (Å²) in [6.45, 7) is 0. The van der Waals surface area contributed by atoms with E-state index < -0.39 is 0 Å². The van der Waals surface area contributed by atoms with Gasteiger partial charge in [0.25, 0.3) is 0 Å². The van der Waals surface area contributed by atoms with E-state index in [1.165, 1.54) is 28.1 Å². The zero-order valence-corrected chi connectivity index (χ0v) is 22.6. The number of para-hydroxylation sites is 2. The predicted octanol–water partition coefficient (Wildman–Crippen LogP) is 8.23. The molecule has 0 aliphatic carbocycles. The second-order valence-electron chi connectivity index (χ2n) is 9.04. The van der Waals surface area contributed by atoms with Crippen LogP contribution in [0.2, 0.25) is 0 Å². The van der Waals surface area contributed by atoms with Crippen molar-refractivity contribution >= 4 is 43.2 Å². The van der Waals surface area contributed by atoms with Crippen molar-refractivity contribution in [3.05, 3.63) is 129 Å². The van der Waals surface area contributed by atoms with Crippen LogP contribution in [0.1, 0.15) is 28.7 Å². The number of hydrogen-bond acceptors (Lipinski definition) is 2. The number of hydrogen-bond donors (Lipinski definition) is 0. The van der Waals surface area contributed by atoms with Crippen LogP contribution in [0.3, 0.4) is 0 Å². The van der Waals surface area contributed by atoms with E-state index in [4.69, 9.17) is 0 Å². The predicted molar refractivity (Wildman–Crippen MR) is 151 cm³/mol. The second-order valence-corrected chi connectivity index (χ2v) is 10.9. The van der Waals surface area contributed by atoms with Crippen LogP contribution in [0.15, 0.2) is 112 Å². The SMILES string of the molecule is CN1c2ccccc2C(N(C)c2ccccc2)C(c2ccc(Br)cc2)C1Cc1ccc(Br)cc1. The summed E-state index contributed by atoms with van der Waals surface area (Å²) in [5.74, 6) is 0.279. The van der Waals surface area contributed by atoms with E-state index >= 15 is 0 Å². The molecule has 0 bridgehead atoms. The fraction of sp³-hybridized carbons (Fsp3) is 0.200. The van der Waals surface area contributed by atoms with E-state index in [0.717, 1.165) is 15.4 Å². The van der Waals surface area contributed by atoms with E-state index in [1.54, 1.807) is 0 Å². The van der Waals surface area contributed by atoms with Crippen molar-refractivity contribution in [2.24, 2.45) is 0 Å². The van der Waals surface area contributed by atoms with Gasteiger partial charge in [-0.25, -0.2) is 0 Å². The molecular weight excluding hydrogens is 548 g/mol. The summed E-state index contributed by atoms with van der Waals surface area (Å²) in [6, 6.07) is 37.9. The average Bonchev–Trinajstić information content (AvgIpc) is 2.87. The molecule has 4 heteroatoms. The normalized spacial score (nSPS) is 19.5. The zero-order valence-electron chi connectivity index (χ0n) is 19.4. The molecule has 3 atom stereocenters. The molecule has 1 aliphatic heterocycles. The topological polar surface area (TPSA) is 6.48 Å². The van der Waals surface area contributed by atoms with Gasteiger partial charge in [0.2, 0.25) is 0 Å². The van der Waals surface area contributed by atoms with Gasteiger partial charge < -0.3 is 9.80 Å². The molecule has 1 aliphatic rings. The highest BCUT2D eigenvalue weighted by molar-refractivity contribution is 9.10. The van der Waals surface area contributed by atoms with Crippen LogP contribution < -0.4 is 9.80 Å². The van der Waals surface area contributed by atoms with E-state index in [9.17, 15) is 0 Å². The molecule has 0 amide bonds. The maximum Gasteiger partial charge on any atom is 0.0647 e. The van der Waals surface area contributed by atoms with Crippen molar-refractivity contribution in [1.29, 1.82) is 0 Å². The Labute approximate surface area is 219 Å². The molecule has 4 aromatic rings. The first-order valence-electron chi connectivity index (χ1n) is 11.6. The van der Waals surface area contributed by atoms with Gasteiger partial charge in [0.1, 0.15) is 0 Å². The molecule has 0 fully saturated rings. The monoisotopic (exact) mass is 574 g/mol. The molecule has 1 heterocycles. The summed E-state index contributed by atoms with van der Waals surface area (Å²) < 4.78 is 2.22. The lowest BCUT2D eigenvalue weighted by molar-refractivity contribution is 0.406. The van der Waals surface area contributed by atoms with Gasteiger partial charge in [-0.3, -0.25) is 0 Å². The Balaban J connectivity index is 1.68. The fourth-order valence-corrected chi connectivity index (χ4v) is 5.90.